The molecule has 0 spiro atoms. The minimum absolute atomic E-state index is 0.116. The van der Waals surface area contributed by atoms with Crippen LogP contribution in [0.15, 0.2) is 0 Å². The lowest BCUT2D eigenvalue weighted by Crippen LogP contribution is -2.66. The van der Waals surface area contributed by atoms with E-state index in [1.165, 1.54) is 0 Å². The van der Waals surface area contributed by atoms with Crippen LogP contribution in [0, 0.1) is 46.3 Å². The molecule has 6 nitrogen and oxygen atoms in total. The fourth-order valence-corrected chi connectivity index (χ4v) is 8.85. The van der Waals surface area contributed by atoms with Gasteiger partial charge in [-0.3, -0.25) is 4.79 Å². The van der Waals surface area contributed by atoms with Crippen molar-refractivity contribution in [1.82, 2.24) is 0 Å². The zero-order chi connectivity index (χ0) is 22.0. The summed E-state index contributed by atoms with van der Waals surface area (Å²) in [5.41, 5.74) is 6.19. The maximum atomic E-state index is 11.5. The lowest BCUT2D eigenvalue weighted by molar-refractivity contribution is -0.211. The molecule has 4 aliphatic rings. The number of aliphatic carboxylic acids is 1. The zero-order valence-electron chi connectivity index (χ0n) is 18.7. The molecular formula is C24H41NO5. The van der Waals surface area contributed by atoms with Gasteiger partial charge in [0.2, 0.25) is 0 Å². The number of hydrogen-bond acceptors (Lipinski definition) is 5. The summed E-state index contributed by atoms with van der Waals surface area (Å²) < 4.78 is 0. The molecule has 0 saturated heterocycles. The summed E-state index contributed by atoms with van der Waals surface area (Å²) in [7, 11) is 0. The molecule has 12 unspecified atom stereocenters. The summed E-state index contributed by atoms with van der Waals surface area (Å²) in [4.78, 5) is 11.1. The van der Waals surface area contributed by atoms with Crippen LogP contribution in [0.1, 0.15) is 72.1 Å². The number of carboxylic acids is 1. The quantitative estimate of drug-likeness (QED) is 0.473. The maximum Gasteiger partial charge on any atom is 0.303 e. The summed E-state index contributed by atoms with van der Waals surface area (Å²) in [6.07, 6.45) is 4.10. The molecule has 6 N–H and O–H groups in total. The lowest BCUT2D eigenvalue weighted by Gasteiger charge is -2.65. The molecule has 0 aromatic heterocycles. The highest BCUT2D eigenvalue weighted by Gasteiger charge is 2.66. The Kier molecular flexibility index (Phi) is 5.79. The van der Waals surface area contributed by atoms with Gasteiger partial charge in [-0.1, -0.05) is 20.8 Å². The van der Waals surface area contributed by atoms with E-state index in [1.807, 2.05) is 0 Å². The number of nitrogens with two attached hydrogens (primary N) is 1. The number of rotatable bonds is 4. The van der Waals surface area contributed by atoms with Crippen molar-refractivity contribution in [2.75, 3.05) is 0 Å². The molecule has 6 heteroatoms. The summed E-state index contributed by atoms with van der Waals surface area (Å²) >= 11 is 0. The van der Waals surface area contributed by atoms with Gasteiger partial charge in [0.15, 0.2) is 0 Å². The van der Waals surface area contributed by atoms with Gasteiger partial charge in [-0.05, 0) is 91.3 Å². The highest BCUT2D eigenvalue weighted by molar-refractivity contribution is 5.66. The molecule has 12 atom stereocenters. The number of carboxylic acid groups (broad SMARTS) is 1. The Morgan fingerprint density at radius 2 is 1.73 bits per heavy atom. The van der Waals surface area contributed by atoms with Gasteiger partial charge in [0, 0.05) is 12.5 Å². The van der Waals surface area contributed by atoms with Crippen LogP contribution in [0.2, 0.25) is 0 Å². The van der Waals surface area contributed by atoms with Gasteiger partial charge in [-0.2, -0.15) is 0 Å². The predicted octanol–water partition coefficient (Wildman–Crippen LogP) is 2.39. The van der Waals surface area contributed by atoms with E-state index < -0.39 is 24.3 Å². The summed E-state index contributed by atoms with van der Waals surface area (Å²) in [6.45, 7) is 6.57. The van der Waals surface area contributed by atoms with Crippen LogP contribution >= 0.6 is 0 Å². The standard InChI is InChI=1S/C24H41NO5/c1-12(4-7-21(29)30)15-5-6-16-22-17(11-20(28)24(15,16)3)23(2)13(9-18(22)27)8-14(26)10-19(23)25/h12-20,22,26-28H,4-11,25H2,1-3H3,(H,29,30). The molecule has 0 amide bonds. The van der Waals surface area contributed by atoms with Crippen molar-refractivity contribution in [3.63, 3.8) is 0 Å². The fourth-order valence-electron chi connectivity index (χ4n) is 8.85. The van der Waals surface area contributed by atoms with Crippen molar-refractivity contribution in [3.8, 4) is 0 Å². The Morgan fingerprint density at radius 3 is 2.40 bits per heavy atom. The first-order valence-electron chi connectivity index (χ1n) is 12.0. The molecular weight excluding hydrogens is 382 g/mol. The van der Waals surface area contributed by atoms with Crippen LogP contribution in [-0.2, 0) is 4.79 Å². The molecule has 0 heterocycles. The molecule has 4 rings (SSSR count). The molecule has 0 aromatic carbocycles. The first kappa shape index (κ1) is 22.5. The molecule has 0 aromatic rings. The second kappa shape index (κ2) is 7.72. The van der Waals surface area contributed by atoms with E-state index in [0.29, 0.717) is 32.1 Å². The van der Waals surface area contributed by atoms with Crippen molar-refractivity contribution >= 4 is 5.97 Å². The van der Waals surface area contributed by atoms with E-state index in [2.05, 4.69) is 20.8 Å². The Balaban J connectivity index is 1.63. The summed E-state index contributed by atoms with van der Waals surface area (Å²) in [5.74, 6) is 0.454. The summed E-state index contributed by atoms with van der Waals surface area (Å²) in [6, 6.07) is -0.116. The van der Waals surface area contributed by atoms with Crippen molar-refractivity contribution in [2.24, 2.45) is 52.1 Å². The third-order valence-electron chi connectivity index (χ3n) is 10.5. The van der Waals surface area contributed by atoms with Crippen LogP contribution in [-0.4, -0.2) is 50.7 Å². The number of hydrogen-bond donors (Lipinski definition) is 5. The first-order chi connectivity index (χ1) is 14.0. The smallest absolute Gasteiger partial charge is 0.303 e. The van der Waals surface area contributed by atoms with Crippen molar-refractivity contribution < 1.29 is 25.2 Å². The topological polar surface area (TPSA) is 124 Å². The van der Waals surface area contributed by atoms with E-state index in [-0.39, 0.29) is 58.8 Å². The minimum Gasteiger partial charge on any atom is -0.481 e. The predicted molar refractivity (Wildman–Crippen MR) is 113 cm³/mol. The van der Waals surface area contributed by atoms with E-state index >= 15 is 0 Å². The fraction of sp³-hybridized carbons (Fsp3) is 0.958. The van der Waals surface area contributed by atoms with E-state index in [9.17, 15) is 20.1 Å². The Bertz CT molecular complexity index is 672. The van der Waals surface area contributed by atoms with Crippen molar-refractivity contribution in [3.05, 3.63) is 0 Å². The van der Waals surface area contributed by atoms with Gasteiger partial charge >= 0.3 is 5.97 Å². The molecule has 4 fully saturated rings. The highest BCUT2D eigenvalue weighted by atomic mass is 16.4. The molecule has 0 radical (unpaired) electrons. The van der Waals surface area contributed by atoms with Crippen LogP contribution in [0.4, 0.5) is 0 Å². The number of aliphatic hydroxyl groups excluding tert-OH is 3. The SMILES string of the molecule is CC(CCC(=O)O)C1CCC2C3C(O)CC4CC(O)CC(N)C4(C)C3CC(O)C12C. The van der Waals surface area contributed by atoms with Gasteiger partial charge in [-0.15, -0.1) is 0 Å². The highest BCUT2D eigenvalue weighted by Crippen LogP contribution is 2.68. The molecule has 4 saturated carbocycles. The van der Waals surface area contributed by atoms with E-state index in [1.54, 1.807) is 0 Å². The van der Waals surface area contributed by atoms with Crippen LogP contribution in [0.5, 0.6) is 0 Å². The van der Waals surface area contributed by atoms with Gasteiger partial charge < -0.3 is 26.2 Å². The molecule has 0 aliphatic heterocycles. The van der Waals surface area contributed by atoms with Crippen LogP contribution in [0.25, 0.3) is 0 Å². The minimum atomic E-state index is -0.763. The second-order valence-electron chi connectivity index (χ2n) is 11.6. The van der Waals surface area contributed by atoms with Crippen molar-refractivity contribution in [1.29, 1.82) is 0 Å². The van der Waals surface area contributed by atoms with E-state index in [4.69, 9.17) is 10.8 Å². The monoisotopic (exact) mass is 423 g/mol. The number of fused-ring (bicyclic) bond motifs is 5. The van der Waals surface area contributed by atoms with Gasteiger partial charge in [0.1, 0.15) is 0 Å². The maximum absolute atomic E-state index is 11.5. The number of carbonyl (C=O) groups is 1. The summed E-state index contributed by atoms with van der Waals surface area (Å²) in [5, 5.41) is 42.2. The molecule has 30 heavy (non-hydrogen) atoms. The third-order valence-corrected chi connectivity index (χ3v) is 10.5. The van der Waals surface area contributed by atoms with Crippen molar-refractivity contribution in [2.45, 2.75) is 96.5 Å². The van der Waals surface area contributed by atoms with Gasteiger partial charge in [0.25, 0.3) is 0 Å². The van der Waals surface area contributed by atoms with Gasteiger partial charge in [0.05, 0.1) is 18.3 Å². The normalized spacial score (nSPS) is 54.0. The Labute approximate surface area is 180 Å². The molecule has 172 valence electrons. The van der Waals surface area contributed by atoms with E-state index in [0.717, 1.165) is 12.8 Å². The Hall–Kier alpha value is -0.690. The van der Waals surface area contributed by atoms with Crippen LogP contribution in [0.3, 0.4) is 0 Å². The second-order valence-corrected chi connectivity index (χ2v) is 11.6. The molecule has 4 aliphatic carbocycles. The largest absolute Gasteiger partial charge is 0.481 e. The van der Waals surface area contributed by atoms with Crippen LogP contribution < -0.4 is 5.73 Å². The first-order valence-corrected chi connectivity index (χ1v) is 12.0. The van der Waals surface area contributed by atoms with Gasteiger partial charge in [-0.25, -0.2) is 0 Å². The molecule has 0 bridgehead atoms. The lowest BCUT2D eigenvalue weighted by atomic mass is 9.42. The zero-order valence-corrected chi connectivity index (χ0v) is 18.7. The average molecular weight is 424 g/mol. The number of aliphatic hydroxyl groups is 3. The Morgan fingerprint density at radius 1 is 1.03 bits per heavy atom. The third kappa shape index (κ3) is 3.16. The average Bonchev–Trinajstić information content (AvgIpc) is 3.01.